The van der Waals surface area contributed by atoms with Gasteiger partial charge in [-0.15, -0.1) is 0 Å². The first kappa shape index (κ1) is 17.3. The predicted molar refractivity (Wildman–Crippen MR) is 78.0 cm³/mol. The molecule has 1 N–H and O–H groups in total. The molecule has 114 valence electrons. The smallest absolute Gasteiger partial charge is 0.545 e. The Hall–Kier alpha value is -1.06. The van der Waals surface area contributed by atoms with E-state index in [1.54, 1.807) is 12.3 Å². The summed E-state index contributed by atoms with van der Waals surface area (Å²) in [4.78, 5) is 19.8. The van der Waals surface area contributed by atoms with Crippen LogP contribution in [0.15, 0.2) is 18.3 Å². The van der Waals surface area contributed by atoms with Crippen molar-refractivity contribution in [3.05, 3.63) is 23.9 Å². The maximum absolute atomic E-state index is 11.0. The average Bonchev–Trinajstić information content (AvgIpc) is 2.43. The Kier molecular flexibility index (Phi) is 5.87. The third-order valence-corrected chi connectivity index (χ3v) is 4.39. The zero-order chi connectivity index (χ0) is 14.8. The van der Waals surface area contributed by atoms with Crippen LogP contribution in [0.4, 0.5) is 5.82 Å². The number of aromatic nitrogens is 1. The minimum absolute atomic E-state index is 0. The molecule has 0 aromatic carbocycles. The van der Waals surface area contributed by atoms with Crippen LogP contribution < -0.4 is 34.2 Å². The zero-order valence-corrected chi connectivity index (χ0v) is 13.3. The van der Waals surface area contributed by atoms with Crippen LogP contribution in [0, 0.1) is 0 Å². The number of piperazine rings is 1. The Bertz CT molecular complexity index is 524. The number of nitrogens with zero attached hydrogens (tertiary/aromatic N) is 3. The van der Waals surface area contributed by atoms with Crippen LogP contribution >= 0.6 is 0 Å². The van der Waals surface area contributed by atoms with E-state index >= 15 is 0 Å². The van der Waals surface area contributed by atoms with Crippen LogP contribution in [-0.2, 0) is 0 Å². The molecule has 0 radical (unpaired) electrons. The molecule has 6 nitrogen and oxygen atoms in total. The van der Waals surface area contributed by atoms with Crippen molar-refractivity contribution in [3.8, 4) is 0 Å². The second-order valence-electron chi connectivity index (χ2n) is 5.96. The molecule has 1 aliphatic carbocycles. The normalized spacial score (nSPS) is 22.8. The zero-order valence-electron chi connectivity index (χ0n) is 13.3. The van der Waals surface area contributed by atoms with Crippen LogP contribution in [0.25, 0.3) is 0 Å². The molecule has 1 saturated heterocycles. The number of carbonyl (C=O) groups is 1. The van der Waals surface area contributed by atoms with Crippen molar-refractivity contribution in [3.63, 3.8) is 0 Å². The fraction of sp³-hybridized carbons (Fsp3) is 0.600. The molecular weight excluding hydrogens is 275 g/mol. The van der Waals surface area contributed by atoms with Gasteiger partial charge in [0.15, 0.2) is 0 Å². The number of pyridine rings is 1. The Labute approximate surface area is 143 Å². The van der Waals surface area contributed by atoms with Gasteiger partial charge in [-0.05, 0) is 32.0 Å². The molecule has 0 spiro atoms. The number of carboxylic acids is 1. The quantitative estimate of drug-likeness (QED) is 0.586. The number of aromatic carboxylic acids is 1. The number of likely N-dealkylation sites (N-methyl/N-ethyl adjacent to an activating group) is 1. The Morgan fingerprint density at radius 1 is 1.41 bits per heavy atom. The van der Waals surface area contributed by atoms with Crippen molar-refractivity contribution in [1.29, 1.82) is 0 Å². The first-order chi connectivity index (χ1) is 10.1. The molecule has 1 unspecified atom stereocenters. The van der Waals surface area contributed by atoms with E-state index in [1.165, 1.54) is 25.3 Å². The number of nitrogens with one attached hydrogen (secondary N) is 1. The maximum Gasteiger partial charge on any atom is 1.00 e. The first-order valence-corrected chi connectivity index (χ1v) is 7.52. The molecule has 3 rings (SSSR count). The molecule has 0 bridgehead atoms. The van der Waals surface area contributed by atoms with Crippen LogP contribution in [-0.4, -0.2) is 54.7 Å². The monoisotopic (exact) mass is 296 g/mol. The minimum atomic E-state index is -1.16. The van der Waals surface area contributed by atoms with Gasteiger partial charge in [-0.2, -0.15) is 0 Å². The molecule has 0 amide bonds. The number of carbonyl (C=O) groups excluding carboxylic acids is 1. The van der Waals surface area contributed by atoms with Gasteiger partial charge in [0.2, 0.25) is 0 Å². The fourth-order valence-electron chi connectivity index (χ4n) is 2.89. The van der Waals surface area contributed by atoms with Gasteiger partial charge in [0.1, 0.15) is 5.82 Å². The molecule has 2 fully saturated rings. The number of anilines is 1. The SMILES string of the molecule is CN1CCN(c2cc(C(=O)[O-])ccn2)C(NC2CCC2)C1.[Li+]. The van der Waals surface area contributed by atoms with Crippen molar-refractivity contribution < 1.29 is 28.8 Å². The maximum atomic E-state index is 11.0. The summed E-state index contributed by atoms with van der Waals surface area (Å²) in [6.07, 6.45) is 5.46. The Morgan fingerprint density at radius 2 is 2.18 bits per heavy atom. The van der Waals surface area contributed by atoms with Crippen LogP contribution in [0.2, 0.25) is 0 Å². The van der Waals surface area contributed by atoms with E-state index in [0.29, 0.717) is 11.9 Å². The molecule has 1 aromatic rings. The number of carboxylic acid groups (broad SMARTS) is 1. The molecule has 22 heavy (non-hydrogen) atoms. The summed E-state index contributed by atoms with van der Waals surface area (Å²) in [7, 11) is 2.11. The minimum Gasteiger partial charge on any atom is -0.545 e. The van der Waals surface area contributed by atoms with Gasteiger partial charge in [-0.1, -0.05) is 6.42 Å². The van der Waals surface area contributed by atoms with Crippen molar-refractivity contribution >= 4 is 11.8 Å². The summed E-state index contributed by atoms with van der Waals surface area (Å²) < 4.78 is 0. The van der Waals surface area contributed by atoms with Gasteiger partial charge in [0.25, 0.3) is 0 Å². The predicted octanol–water partition coefficient (Wildman–Crippen LogP) is -3.33. The standard InChI is InChI=1S/C15H22N4O2.Li/c1-18-7-8-19(14(10-18)17-12-3-2-4-12)13-9-11(15(20)21)5-6-16-13;/h5-6,9,12,14,17H,2-4,7-8,10H2,1H3,(H,20,21);/q;+1/p-1. The molecule has 2 aliphatic rings. The van der Waals surface area contributed by atoms with E-state index in [0.717, 1.165) is 19.6 Å². The summed E-state index contributed by atoms with van der Waals surface area (Å²) in [5, 5.41) is 14.7. The molecule has 1 atom stereocenters. The molecule has 7 heteroatoms. The van der Waals surface area contributed by atoms with E-state index in [-0.39, 0.29) is 30.6 Å². The summed E-state index contributed by atoms with van der Waals surface area (Å²) in [5.41, 5.74) is 0.182. The average molecular weight is 296 g/mol. The Balaban J connectivity index is 0.00000176. The van der Waals surface area contributed by atoms with Crippen LogP contribution in [0.5, 0.6) is 0 Å². The van der Waals surface area contributed by atoms with Crippen molar-refractivity contribution in [2.45, 2.75) is 31.5 Å². The number of rotatable bonds is 4. The molecule has 1 aromatic heterocycles. The first-order valence-electron chi connectivity index (χ1n) is 7.52. The van der Waals surface area contributed by atoms with Gasteiger partial charge in [0, 0.05) is 37.4 Å². The molecule has 2 heterocycles. The second-order valence-corrected chi connectivity index (χ2v) is 5.96. The van der Waals surface area contributed by atoms with Crippen molar-refractivity contribution in [2.75, 3.05) is 31.6 Å². The van der Waals surface area contributed by atoms with Crippen LogP contribution in [0.1, 0.15) is 29.6 Å². The topological polar surface area (TPSA) is 71.5 Å². The van der Waals surface area contributed by atoms with Gasteiger partial charge >= 0.3 is 18.9 Å². The number of hydrogen-bond donors (Lipinski definition) is 1. The van der Waals surface area contributed by atoms with E-state index in [4.69, 9.17) is 0 Å². The molecule has 1 aliphatic heterocycles. The van der Waals surface area contributed by atoms with E-state index in [1.807, 2.05) is 0 Å². The van der Waals surface area contributed by atoms with Gasteiger partial charge in [-0.25, -0.2) is 4.98 Å². The largest absolute Gasteiger partial charge is 1.00 e. The third-order valence-electron chi connectivity index (χ3n) is 4.39. The van der Waals surface area contributed by atoms with E-state index < -0.39 is 5.97 Å². The summed E-state index contributed by atoms with van der Waals surface area (Å²) in [5.74, 6) is -0.446. The molecular formula is C15H21LiN4O2. The Morgan fingerprint density at radius 3 is 2.82 bits per heavy atom. The fourth-order valence-corrected chi connectivity index (χ4v) is 2.89. The summed E-state index contributed by atoms with van der Waals surface area (Å²) in [6, 6.07) is 3.66. The van der Waals surface area contributed by atoms with Gasteiger partial charge in [-0.3, -0.25) is 5.32 Å². The summed E-state index contributed by atoms with van der Waals surface area (Å²) >= 11 is 0. The van der Waals surface area contributed by atoms with Crippen molar-refractivity contribution in [2.24, 2.45) is 0 Å². The third kappa shape index (κ3) is 3.82. The van der Waals surface area contributed by atoms with E-state index in [9.17, 15) is 9.90 Å². The second kappa shape index (κ2) is 7.47. The van der Waals surface area contributed by atoms with Crippen molar-refractivity contribution in [1.82, 2.24) is 15.2 Å². The number of hydrogen-bond acceptors (Lipinski definition) is 6. The summed E-state index contributed by atoms with van der Waals surface area (Å²) in [6.45, 7) is 2.69. The molecule has 1 saturated carbocycles. The van der Waals surface area contributed by atoms with Gasteiger partial charge in [0.05, 0.1) is 12.1 Å². The van der Waals surface area contributed by atoms with Crippen LogP contribution in [0.3, 0.4) is 0 Å². The van der Waals surface area contributed by atoms with Gasteiger partial charge < -0.3 is 19.7 Å². The van der Waals surface area contributed by atoms with E-state index in [2.05, 4.69) is 27.1 Å².